The zero-order chi connectivity index (χ0) is 13.8. The third-order valence-electron chi connectivity index (χ3n) is 2.93. The number of rotatable bonds is 5. The van der Waals surface area contributed by atoms with Crippen molar-refractivity contribution < 1.29 is 9.53 Å². The highest BCUT2D eigenvalue weighted by Crippen LogP contribution is 2.25. The van der Waals surface area contributed by atoms with E-state index in [9.17, 15) is 4.79 Å². The number of ketones is 1. The van der Waals surface area contributed by atoms with Crippen molar-refractivity contribution in [1.82, 2.24) is 0 Å². The van der Waals surface area contributed by atoms with Crippen molar-refractivity contribution in [3.8, 4) is 5.75 Å². The summed E-state index contributed by atoms with van der Waals surface area (Å²) in [5, 5.41) is 0.702. The van der Waals surface area contributed by atoms with Gasteiger partial charge >= 0.3 is 0 Å². The molecule has 0 aromatic heterocycles. The summed E-state index contributed by atoms with van der Waals surface area (Å²) in [6, 6.07) is 5.58. The highest BCUT2D eigenvalue weighted by Gasteiger charge is 2.20. The zero-order valence-corrected chi connectivity index (χ0v) is 12.3. The summed E-state index contributed by atoms with van der Waals surface area (Å²) in [5.41, 5.74) is 0.810. The van der Waals surface area contributed by atoms with E-state index in [1.807, 2.05) is 39.0 Å². The molecule has 100 valence electrons. The Hall–Kier alpha value is -1.02. The predicted octanol–water partition coefficient (Wildman–Crippen LogP) is 4.29. The molecule has 1 aromatic rings. The van der Waals surface area contributed by atoms with Crippen LogP contribution in [0.25, 0.3) is 0 Å². The van der Waals surface area contributed by atoms with E-state index >= 15 is 0 Å². The maximum Gasteiger partial charge on any atom is 0.138 e. The first-order valence-corrected chi connectivity index (χ1v) is 6.58. The normalized spacial score (nSPS) is 11.4. The van der Waals surface area contributed by atoms with Gasteiger partial charge in [-0.15, -0.1) is 0 Å². The van der Waals surface area contributed by atoms with Gasteiger partial charge in [-0.2, -0.15) is 0 Å². The van der Waals surface area contributed by atoms with Crippen molar-refractivity contribution in [2.45, 2.75) is 40.0 Å². The molecule has 0 spiro atoms. The maximum atomic E-state index is 11.8. The minimum atomic E-state index is -0.252. The molecule has 3 heteroatoms. The average molecular weight is 269 g/mol. The van der Waals surface area contributed by atoms with Crippen molar-refractivity contribution in [3.05, 3.63) is 28.8 Å². The highest BCUT2D eigenvalue weighted by molar-refractivity contribution is 6.30. The van der Waals surface area contributed by atoms with Crippen LogP contribution in [0.15, 0.2) is 18.2 Å². The lowest BCUT2D eigenvalue weighted by atomic mass is 9.87. The first-order chi connectivity index (χ1) is 8.34. The topological polar surface area (TPSA) is 26.3 Å². The van der Waals surface area contributed by atoms with Gasteiger partial charge in [-0.05, 0) is 36.6 Å². The Labute approximate surface area is 114 Å². The number of carbonyl (C=O) groups is 1. The summed E-state index contributed by atoms with van der Waals surface area (Å²) in [6.45, 7) is 5.86. The largest absolute Gasteiger partial charge is 0.496 e. The lowest BCUT2D eigenvalue weighted by Crippen LogP contribution is -2.19. The number of benzene rings is 1. The molecular weight excluding hydrogens is 248 g/mol. The van der Waals surface area contributed by atoms with E-state index in [2.05, 4.69) is 0 Å². The van der Waals surface area contributed by atoms with E-state index in [-0.39, 0.29) is 5.41 Å². The fourth-order valence-electron chi connectivity index (χ4n) is 1.76. The third-order valence-corrected chi connectivity index (χ3v) is 3.16. The molecule has 0 aliphatic carbocycles. The van der Waals surface area contributed by atoms with Crippen LogP contribution >= 0.6 is 11.6 Å². The molecule has 0 aliphatic heterocycles. The Morgan fingerprint density at radius 3 is 2.56 bits per heavy atom. The Bertz CT molecular complexity index is 419. The van der Waals surface area contributed by atoms with Crippen LogP contribution in [0.1, 0.15) is 39.2 Å². The van der Waals surface area contributed by atoms with Gasteiger partial charge in [0, 0.05) is 16.9 Å². The molecule has 0 aliphatic rings. The van der Waals surface area contributed by atoms with Crippen LogP contribution in [-0.2, 0) is 11.2 Å². The Morgan fingerprint density at radius 1 is 1.33 bits per heavy atom. The molecule has 0 unspecified atom stereocenters. The SMILES string of the molecule is COc1ccc(Cl)cc1CCCC(=O)C(C)(C)C. The fourth-order valence-corrected chi connectivity index (χ4v) is 1.95. The molecule has 0 amide bonds. The van der Waals surface area contributed by atoms with Crippen LogP contribution in [0.2, 0.25) is 5.02 Å². The molecule has 18 heavy (non-hydrogen) atoms. The van der Waals surface area contributed by atoms with Crippen molar-refractivity contribution >= 4 is 17.4 Å². The number of hydrogen-bond donors (Lipinski definition) is 0. The minimum absolute atomic E-state index is 0.252. The van der Waals surface area contributed by atoms with Crippen LogP contribution in [0, 0.1) is 5.41 Å². The zero-order valence-electron chi connectivity index (χ0n) is 11.5. The summed E-state index contributed by atoms with van der Waals surface area (Å²) in [6.07, 6.45) is 2.23. The summed E-state index contributed by atoms with van der Waals surface area (Å²) < 4.78 is 5.28. The van der Waals surface area contributed by atoms with E-state index in [4.69, 9.17) is 16.3 Å². The lowest BCUT2D eigenvalue weighted by Gasteiger charge is -2.16. The first kappa shape index (κ1) is 15.0. The third kappa shape index (κ3) is 4.34. The van der Waals surface area contributed by atoms with Crippen LogP contribution in [0.5, 0.6) is 5.75 Å². The summed E-state index contributed by atoms with van der Waals surface area (Å²) in [4.78, 5) is 11.8. The molecule has 2 nitrogen and oxygen atoms in total. The van der Waals surface area contributed by atoms with Crippen LogP contribution in [0.3, 0.4) is 0 Å². The van der Waals surface area contributed by atoms with E-state index in [0.29, 0.717) is 17.2 Å². The molecule has 0 saturated carbocycles. The molecule has 1 rings (SSSR count). The number of Topliss-reactive ketones (excluding diaryl/α,β-unsaturated/α-hetero) is 1. The molecule has 0 atom stereocenters. The van der Waals surface area contributed by atoms with Gasteiger partial charge in [0.15, 0.2) is 0 Å². The summed E-state index contributed by atoms with van der Waals surface area (Å²) in [7, 11) is 1.65. The summed E-state index contributed by atoms with van der Waals surface area (Å²) >= 11 is 5.97. The van der Waals surface area contributed by atoms with Gasteiger partial charge in [-0.3, -0.25) is 4.79 Å². The molecule has 0 fully saturated rings. The smallest absolute Gasteiger partial charge is 0.138 e. The van der Waals surface area contributed by atoms with Gasteiger partial charge in [0.05, 0.1) is 7.11 Å². The standard InChI is InChI=1S/C15H21ClO2/c1-15(2,3)14(17)7-5-6-11-10-12(16)8-9-13(11)18-4/h8-10H,5-7H2,1-4H3. The van der Waals surface area contributed by atoms with Crippen molar-refractivity contribution in [3.63, 3.8) is 0 Å². The Kier molecular flexibility index (Phi) is 5.21. The van der Waals surface area contributed by atoms with Crippen LogP contribution in [0.4, 0.5) is 0 Å². The second-order valence-electron chi connectivity index (χ2n) is 5.48. The fraction of sp³-hybridized carbons (Fsp3) is 0.533. The number of carbonyl (C=O) groups excluding carboxylic acids is 1. The van der Waals surface area contributed by atoms with E-state index in [0.717, 1.165) is 24.2 Å². The predicted molar refractivity (Wildman–Crippen MR) is 75.4 cm³/mol. The van der Waals surface area contributed by atoms with Gasteiger partial charge in [-0.25, -0.2) is 0 Å². The van der Waals surface area contributed by atoms with Crippen molar-refractivity contribution in [1.29, 1.82) is 0 Å². The van der Waals surface area contributed by atoms with Crippen LogP contribution < -0.4 is 4.74 Å². The average Bonchev–Trinajstić information content (AvgIpc) is 2.28. The Balaban J connectivity index is 2.59. The van der Waals surface area contributed by atoms with Gasteiger partial charge in [-0.1, -0.05) is 32.4 Å². The van der Waals surface area contributed by atoms with Gasteiger partial charge < -0.3 is 4.74 Å². The molecule has 0 heterocycles. The Morgan fingerprint density at radius 2 is 2.00 bits per heavy atom. The molecular formula is C15H21ClO2. The monoisotopic (exact) mass is 268 g/mol. The molecule has 1 aromatic carbocycles. The molecule has 0 bridgehead atoms. The van der Waals surface area contributed by atoms with Gasteiger partial charge in [0.25, 0.3) is 0 Å². The minimum Gasteiger partial charge on any atom is -0.496 e. The van der Waals surface area contributed by atoms with E-state index in [1.165, 1.54) is 0 Å². The number of aryl methyl sites for hydroxylation is 1. The first-order valence-electron chi connectivity index (χ1n) is 6.20. The summed E-state index contributed by atoms with van der Waals surface area (Å²) in [5.74, 6) is 1.13. The number of methoxy groups -OCH3 is 1. The van der Waals surface area contributed by atoms with Crippen LogP contribution in [-0.4, -0.2) is 12.9 Å². The van der Waals surface area contributed by atoms with E-state index in [1.54, 1.807) is 7.11 Å². The highest BCUT2D eigenvalue weighted by atomic mass is 35.5. The number of ether oxygens (including phenoxy) is 1. The maximum absolute atomic E-state index is 11.8. The van der Waals surface area contributed by atoms with Crippen molar-refractivity contribution in [2.75, 3.05) is 7.11 Å². The van der Waals surface area contributed by atoms with Crippen molar-refractivity contribution in [2.24, 2.45) is 5.41 Å². The van der Waals surface area contributed by atoms with Gasteiger partial charge in [0.1, 0.15) is 11.5 Å². The second kappa shape index (κ2) is 6.24. The molecule has 0 N–H and O–H groups in total. The number of halogens is 1. The number of hydrogen-bond acceptors (Lipinski definition) is 2. The lowest BCUT2D eigenvalue weighted by molar-refractivity contribution is -0.126. The second-order valence-corrected chi connectivity index (χ2v) is 5.92. The molecule has 0 saturated heterocycles. The van der Waals surface area contributed by atoms with Gasteiger partial charge in [0.2, 0.25) is 0 Å². The van der Waals surface area contributed by atoms with E-state index < -0.39 is 0 Å². The quantitative estimate of drug-likeness (QED) is 0.796. The molecule has 0 radical (unpaired) electrons.